The third kappa shape index (κ3) is 3.00. The summed E-state index contributed by atoms with van der Waals surface area (Å²) in [6.07, 6.45) is 0. The quantitative estimate of drug-likeness (QED) is 0.755. The third-order valence-corrected chi connectivity index (χ3v) is 4.13. The number of nitrogens with zero attached hydrogens (tertiary/aromatic N) is 2. The van der Waals surface area contributed by atoms with Crippen LogP contribution in [0.25, 0.3) is 0 Å². The lowest BCUT2D eigenvalue weighted by Gasteiger charge is -2.23. The average molecular weight is 345 g/mol. The van der Waals surface area contributed by atoms with Gasteiger partial charge < -0.3 is 10.4 Å². The Morgan fingerprint density at radius 2 is 1.42 bits per heavy atom. The molecule has 0 saturated heterocycles. The van der Waals surface area contributed by atoms with Crippen LogP contribution in [-0.2, 0) is 5.72 Å². The second-order valence-electron chi connectivity index (χ2n) is 5.93. The van der Waals surface area contributed by atoms with Crippen LogP contribution in [0.4, 0.5) is 10.1 Å². The summed E-state index contributed by atoms with van der Waals surface area (Å²) in [6, 6.07) is 24.4. The maximum atomic E-state index is 13.3. The van der Waals surface area contributed by atoms with Crippen LogP contribution in [0.5, 0.6) is 0 Å². The summed E-state index contributed by atoms with van der Waals surface area (Å²) in [7, 11) is 0. The fourth-order valence-electron chi connectivity index (χ4n) is 2.79. The Balaban J connectivity index is 1.79. The number of amidine groups is 2. The molecule has 0 bridgehead atoms. The topological polar surface area (TPSA) is 57.0 Å². The zero-order chi connectivity index (χ0) is 18.0. The number of para-hydroxylation sites is 1. The fraction of sp³-hybridized carbons (Fsp3) is 0.0476. The summed E-state index contributed by atoms with van der Waals surface area (Å²) in [5.41, 5.74) is 0.288. The van der Waals surface area contributed by atoms with Gasteiger partial charge in [0.25, 0.3) is 0 Å². The van der Waals surface area contributed by atoms with Crippen LogP contribution in [-0.4, -0.2) is 16.8 Å². The molecule has 2 N–H and O–H groups in total. The van der Waals surface area contributed by atoms with Crippen molar-refractivity contribution in [3.63, 3.8) is 0 Å². The summed E-state index contributed by atoms with van der Waals surface area (Å²) in [6.45, 7) is 0. The molecular weight excluding hydrogens is 329 g/mol. The summed E-state index contributed by atoms with van der Waals surface area (Å²) in [5, 5.41) is 14.4. The van der Waals surface area contributed by atoms with Crippen molar-refractivity contribution in [1.82, 2.24) is 0 Å². The number of anilines is 1. The lowest BCUT2D eigenvalue weighted by molar-refractivity contribution is 0.125. The number of aliphatic hydroxyl groups is 1. The molecule has 0 aliphatic carbocycles. The van der Waals surface area contributed by atoms with E-state index in [1.54, 1.807) is 0 Å². The molecule has 0 spiro atoms. The highest BCUT2D eigenvalue weighted by molar-refractivity contribution is 6.17. The SMILES string of the molecule is OC1(c2ccc(F)cc2)N=C(c2ccccc2)N=C1Nc1ccccc1. The van der Waals surface area contributed by atoms with Gasteiger partial charge in [-0.1, -0.05) is 60.7 Å². The molecule has 4 nitrogen and oxygen atoms in total. The number of aliphatic imine (C=N–C) groups is 2. The first-order valence-corrected chi connectivity index (χ1v) is 8.20. The zero-order valence-corrected chi connectivity index (χ0v) is 13.8. The van der Waals surface area contributed by atoms with E-state index < -0.39 is 5.72 Å². The van der Waals surface area contributed by atoms with Gasteiger partial charge in [0, 0.05) is 16.8 Å². The Morgan fingerprint density at radius 1 is 0.808 bits per heavy atom. The van der Waals surface area contributed by atoms with Gasteiger partial charge in [-0.3, -0.25) is 0 Å². The minimum absolute atomic E-state index is 0.272. The Hall–Kier alpha value is -3.31. The summed E-state index contributed by atoms with van der Waals surface area (Å²) in [5.74, 6) is 0.308. The lowest BCUT2D eigenvalue weighted by atomic mass is 10.0. The van der Waals surface area contributed by atoms with Crippen LogP contribution in [0.1, 0.15) is 11.1 Å². The molecule has 1 heterocycles. The number of nitrogens with one attached hydrogen (secondary N) is 1. The van der Waals surface area contributed by atoms with E-state index in [0.29, 0.717) is 11.4 Å². The Labute approximate surface area is 150 Å². The lowest BCUT2D eigenvalue weighted by Crippen LogP contribution is -2.36. The molecule has 4 rings (SSSR count). The number of rotatable bonds is 3. The molecule has 1 aliphatic rings. The monoisotopic (exact) mass is 345 g/mol. The van der Waals surface area contributed by atoms with Crippen LogP contribution in [0.2, 0.25) is 0 Å². The van der Waals surface area contributed by atoms with E-state index in [0.717, 1.165) is 11.3 Å². The average Bonchev–Trinajstić information content (AvgIpc) is 3.01. The minimum atomic E-state index is -1.71. The molecule has 0 fully saturated rings. The summed E-state index contributed by atoms with van der Waals surface area (Å²) in [4.78, 5) is 8.97. The molecule has 0 aromatic heterocycles. The van der Waals surface area contributed by atoms with Gasteiger partial charge >= 0.3 is 0 Å². The third-order valence-electron chi connectivity index (χ3n) is 4.13. The second kappa shape index (κ2) is 6.54. The highest BCUT2D eigenvalue weighted by Crippen LogP contribution is 2.31. The van der Waals surface area contributed by atoms with Gasteiger partial charge in [0.1, 0.15) is 5.82 Å². The number of hydrogen-bond acceptors (Lipinski definition) is 4. The van der Waals surface area contributed by atoms with E-state index in [1.807, 2.05) is 60.7 Å². The predicted molar refractivity (Wildman–Crippen MR) is 101 cm³/mol. The van der Waals surface area contributed by atoms with Crippen LogP contribution in [0.3, 0.4) is 0 Å². The van der Waals surface area contributed by atoms with E-state index in [1.165, 1.54) is 24.3 Å². The summed E-state index contributed by atoms with van der Waals surface area (Å²) < 4.78 is 13.3. The Bertz CT molecular complexity index is 969. The number of benzene rings is 3. The van der Waals surface area contributed by atoms with E-state index in [4.69, 9.17) is 0 Å². The molecule has 26 heavy (non-hydrogen) atoms. The van der Waals surface area contributed by atoms with Crippen molar-refractivity contribution < 1.29 is 9.50 Å². The van der Waals surface area contributed by atoms with Gasteiger partial charge in [0.2, 0.25) is 5.72 Å². The second-order valence-corrected chi connectivity index (χ2v) is 5.93. The highest BCUT2D eigenvalue weighted by atomic mass is 19.1. The molecule has 3 aromatic carbocycles. The molecule has 0 radical (unpaired) electrons. The van der Waals surface area contributed by atoms with Gasteiger partial charge in [-0.15, -0.1) is 0 Å². The molecule has 128 valence electrons. The van der Waals surface area contributed by atoms with Crippen molar-refractivity contribution in [1.29, 1.82) is 0 Å². The van der Waals surface area contributed by atoms with Crippen LogP contribution < -0.4 is 5.32 Å². The Morgan fingerprint density at radius 3 is 2.08 bits per heavy atom. The maximum absolute atomic E-state index is 13.3. The largest absolute Gasteiger partial charge is 0.359 e. The predicted octanol–water partition coefficient (Wildman–Crippen LogP) is 3.94. The van der Waals surface area contributed by atoms with Gasteiger partial charge in [-0.2, -0.15) is 0 Å². The molecule has 1 unspecified atom stereocenters. The normalized spacial score (nSPS) is 19.0. The van der Waals surface area contributed by atoms with Crippen LogP contribution in [0.15, 0.2) is 94.9 Å². The summed E-state index contributed by atoms with van der Waals surface area (Å²) >= 11 is 0. The first kappa shape index (κ1) is 16.2. The van der Waals surface area contributed by atoms with Crippen molar-refractivity contribution in [2.24, 2.45) is 9.98 Å². The highest BCUT2D eigenvalue weighted by Gasteiger charge is 2.40. The molecule has 1 atom stereocenters. The van der Waals surface area contributed by atoms with E-state index in [2.05, 4.69) is 15.3 Å². The van der Waals surface area contributed by atoms with Crippen molar-refractivity contribution in [3.8, 4) is 0 Å². The maximum Gasteiger partial charge on any atom is 0.244 e. The zero-order valence-electron chi connectivity index (χ0n) is 13.8. The van der Waals surface area contributed by atoms with E-state index >= 15 is 0 Å². The first-order valence-electron chi connectivity index (χ1n) is 8.20. The van der Waals surface area contributed by atoms with Crippen LogP contribution >= 0.6 is 0 Å². The van der Waals surface area contributed by atoms with E-state index in [-0.39, 0.29) is 11.7 Å². The molecular formula is C21H16FN3O. The number of hydrogen-bond donors (Lipinski definition) is 2. The fourth-order valence-corrected chi connectivity index (χ4v) is 2.79. The van der Waals surface area contributed by atoms with Gasteiger partial charge in [-0.05, 0) is 24.3 Å². The Kier molecular flexibility index (Phi) is 4.07. The van der Waals surface area contributed by atoms with E-state index in [9.17, 15) is 9.50 Å². The molecule has 0 saturated carbocycles. The molecule has 3 aromatic rings. The molecule has 5 heteroatoms. The number of halogens is 1. The van der Waals surface area contributed by atoms with Crippen molar-refractivity contribution in [2.45, 2.75) is 5.72 Å². The standard InChI is InChI=1S/C21H16FN3O/c22-17-13-11-16(12-14-17)21(26)20(23-18-9-5-2-6-10-18)24-19(25-21)15-7-3-1-4-8-15/h1-14,26H,(H,23,24,25). The van der Waals surface area contributed by atoms with Crippen molar-refractivity contribution in [3.05, 3.63) is 102 Å². The van der Waals surface area contributed by atoms with Crippen LogP contribution in [0, 0.1) is 5.82 Å². The molecule has 1 aliphatic heterocycles. The van der Waals surface area contributed by atoms with Gasteiger partial charge in [0.05, 0.1) is 0 Å². The smallest absolute Gasteiger partial charge is 0.244 e. The first-order chi connectivity index (χ1) is 12.6. The van der Waals surface area contributed by atoms with Crippen molar-refractivity contribution in [2.75, 3.05) is 5.32 Å². The minimum Gasteiger partial charge on any atom is -0.359 e. The molecule has 0 amide bonds. The van der Waals surface area contributed by atoms with Crippen molar-refractivity contribution >= 4 is 17.4 Å². The van der Waals surface area contributed by atoms with Gasteiger partial charge in [-0.25, -0.2) is 14.4 Å². The van der Waals surface area contributed by atoms with Gasteiger partial charge in [0.15, 0.2) is 11.7 Å².